The number of benzene rings is 1. The molecule has 0 saturated carbocycles. The molecule has 3 rings (SSSR count). The molecule has 0 atom stereocenters. The van der Waals surface area contributed by atoms with Crippen molar-refractivity contribution in [3.8, 4) is 5.75 Å². The van der Waals surface area contributed by atoms with Crippen LogP contribution in [0.4, 0.5) is 0 Å². The zero-order chi connectivity index (χ0) is 18.9. The van der Waals surface area contributed by atoms with Gasteiger partial charge < -0.3 is 14.5 Å². The number of carbonyl (C=O) groups excluding carboxylic acids is 2. The third-order valence-corrected chi connectivity index (χ3v) is 5.38. The van der Waals surface area contributed by atoms with Crippen LogP contribution in [0.1, 0.15) is 32.1 Å². The lowest BCUT2D eigenvalue weighted by Gasteiger charge is -2.35. The van der Waals surface area contributed by atoms with Gasteiger partial charge in [0.1, 0.15) is 12.4 Å². The van der Waals surface area contributed by atoms with Gasteiger partial charge in [-0.2, -0.15) is 0 Å². The fourth-order valence-electron chi connectivity index (χ4n) is 3.71. The summed E-state index contributed by atoms with van der Waals surface area (Å²) in [4.78, 5) is 30.4. The summed E-state index contributed by atoms with van der Waals surface area (Å²) in [6, 6.07) is 9.86. The highest BCUT2D eigenvalue weighted by Gasteiger charge is 2.22. The Bertz CT molecular complexity index is 600. The Morgan fingerprint density at radius 2 is 1.74 bits per heavy atom. The highest BCUT2D eigenvalue weighted by molar-refractivity contribution is 5.77. The molecule has 27 heavy (non-hydrogen) atoms. The first-order valence-electron chi connectivity index (χ1n) is 10.2. The summed E-state index contributed by atoms with van der Waals surface area (Å²) in [5, 5.41) is 0. The number of para-hydroxylation sites is 1. The molecule has 2 heterocycles. The molecule has 0 spiro atoms. The molecule has 2 aliphatic heterocycles. The van der Waals surface area contributed by atoms with E-state index in [9.17, 15) is 9.59 Å². The van der Waals surface area contributed by atoms with E-state index in [0.29, 0.717) is 19.4 Å². The first-order chi connectivity index (χ1) is 13.2. The fraction of sp³-hybridized carbons (Fsp3) is 0.619. The lowest BCUT2D eigenvalue weighted by molar-refractivity contribution is -0.135. The van der Waals surface area contributed by atoms with Crippen LogP contribution in [0.15, 0.2) is 30.3 Å². The quantitative estimate of drug-likeness (QED) is 0.699. The van der Waals surface area contributed by atoms with Crippen LogP contribution in [0.3, 0.4) is 0 Å². The molecular formula is C21H31N3O3. The summed E-state index contributed by atoms with van der Waals surface area (Å²) in [5.74, 6) is 1.37. The van der Waals surface area contributed by atoms with Crippen molar-refractivity contribution in [2.24, 2.45) is 0 Å². The van der Waals surface area contributed by atoms with Crippen molar-refractivity contribution in [3.05, 3.63) is 30.3 Å². The number of likely N-dealkylation sites (tertiary alicyclic amines) is 1. The van der Waals surface area contributed by atoms with E-state index in [-0.39, 0.29) is 11.8 Å². The standard InChI is InChI=1S/C21H31N3O3/c25-20-9-4-5-11-23(20)12-6-10-21(26)24-15-13-22(14-16-24)17-18-27-19-7-2-1-3-8-19/h1-3,7-8H,4-6,9-18H2. The minimum absolute atomic E-state index is 0.222. The average Bonchev–Trinajstić information content (AvgIpc) is 2.71. The van der Waals surface area contributed by atoms with Crippen LogP contribution in [0.25, 0.3) is 0 Å². The lowest BCUT2D eigenvalue weighted by Crippen LogP contribution is -2.49. The molecule has 0 radical (unpaired) electrons. The molecule has 0 N–H and O–H groups in total. The second-order valence-corrected chi connectivity index (χ2v) is 7.33. The number of nitrogens with zero attached hydrogens (tertiary/aromatic N) is 3. The molecule has 0 unspecified atom stereocenters. The van der Waals surface area contributed by atoms with Crippen LogP contribution in [0.5, 0.6) is 5.75 Å². The number of amides is 2. The molecule has 2 saturated heterocycles. The number of hydrogen-bond acceptors (Lipinski definition) is 4. The van der Waals surface area contributed by atoms with E-state index in [4.69, 9.17) is 4.74 Å². The normalized spacial score (nSPS) is 18.6. The van der Waals surface area contributed by atoms with Crippen LogP contribution < -0.4 is 4.74 Å². The molecule has 2 aliphatic rings. The van der Waals surface area contributed by atoms with Crippen molar-refractivity contribution >= 4 is 11.8 Å². The van der Waals surface area contributed by atoms with E-state index in [2.05, 4.69) is 4.90 Å². The number of rotatable bonds is 8. The van der Waals surface area contributed by atoms with Crippen molar-refractivity contribution in [1.29, 1.82) is 0 Å². The van der Waals surface area contributed by atoms with Crippen molar-refractivity contribution < 1.29 is 14.3 Å². The van der Waals surface area contributed by atoms with Gasteiger partial charge in [0, 0.05) is 58.7 Å². The third-order valence-electron chi connectivity index (χ3n) is 5.38. The van der Waals surface area contributed by atoms with E-state index in [1.165, 1.54) is 0 Å². The van der Waals surface area contributed by atoms with Gasteiger partial charge in [-0.25, -0.2) is 0 Å². The second kappa shape index (κ2) is 10.3. The summed E-state index contributed by atoms with van der Waals surface area (Å²) in [5.41, 5.74) is 0. The number of piperazine rings is 1. The number of piperidine rings is 1. The zero-order valence-corrected chi connectivity index (χ0v) is 16.1. The number of ether oxygens (including phenoxy) is 1. The van der Waals surface area contributed by atoms with Crippen LogP contribution in [0, 0.1) is 0 Å². The SMILES string of the molecule is O=C1CCCCN1CCCC(=O)N1CCN(CCOc2ccccc2)CC1. The largest absolute Gasteiger partial charge is 0.492 e. The van der Waals surface area contributed by atoms with Gasteiger partial charge in [-0.05, 0) is 31.4 Å². The summed E-state index contributed by atoms with van der Waals surface area (Å²) in [6.45, 7) is 6.50. The Balaban J connectivity index is 1.28. The van der Waals surface area contributed by atoms with Crippen LogP contribution in [0.2, 0.25) is 0 Å². The Morgan fingerprint density at radius 1 is 0.963 bits per heavy atom. The number of hydrogen-bond donors (Lipinski definition) is 0. The van der Waals surface area contributed by atoms with Gasteiger partial charge in [0.15, 0.2) is 0 Å². The second-order valence-electron chi connectivity index (χ2n) is 7.33. The maximum Gasteiger partial charge on any atom is 0.222 e. The molecule has 148 valence electrons. The maximum absolute atomic E-state index is 12.4. The maximum atomic E-state index is 12.4. The predicted molar refractivity (Wildman–Crippen MR) is 105 cm³/mol. The van der Waals surface area contributed by atoms with E-state index in [1.54, 1.807) is 0 Å². The van der Waals surface area contributed by atoms with Gasteiger partial charge in [0.2, 0.25) is 11.8 Å². The van der Waals surface area contributed by atoms with Crippen LogP contribution in [-0.2, 0) is 9.59 Å². The number of carbonyl (C=O) groups is 2. The van der Waals surface area contributed by atoms with E-state index in [1.807, 2.05) is 40.1 Å². The van der Waals surface area contributed by atoms with Crippen molar-refractivity contribution in [1.82, 2.24) is 14.7 Å². The summed E-state index contributed by atoms with van der Waals surface area (Å²) >= 11 is 0. The third kappa shape index (κ3) is 6.24. The highest BCUT2D eigenvalue weighted by atomic mass is 16.5. The molecule has 1 aromatic carbocycles. The van der Waals surface area contributed by atoms with Gasteiger partial charge in [-0.15, -0.1) is 0 Å². The molecule has 0 aromatic heterocycles. The minimum Gasteiger partial charge on any atom is -0.492 e. The van der Waals surface area contributed by atoms with Crippen LogP contribution >= 0.6 is 0 Å². The molecular weight excluding hydrogens is 342 g/mol. The first kappa shape index (κ1) is 19.7. The van der Waals surface area contributed by atoms with Gasteiger partial charge >= 0.3 is 0 Å². The fourth-order valence-corrected chi connectivity index (χ4v) is 3.71. The molecule has 0 bridgehead atoms. The first-order valence-corrected chi connectivity index (χ1v) is 10.2. The smallest absolute Gasteiger partial charge is 0.222 e. The highest BCUT2D eigenvalue weighted by Crippen LogP contribution is 2.12. The molecule has 2 fully saturated rings. The van der Waals surface area contributed by atoms with Crippen LogP contribution in [-0.4, -0.2) is 78.9 Å². The molecule has 0 aliphatic carbocycles. The summed E-state index contributed by atoms with van der Waals surface area (Å²) in [7, 11) is 0. The minimum atomic E-state index is 0.222. The average molecular weight is 373 g/mol. The van der Waals surface area contributed by atoms with Gasteiger partial charge in [0.05, 0.1) is 0 Å². The topological polar surface area (TPSA) is 53.1 Å². The van der Waals surface area contributed by atoms with Crippen molar-refractivity contribution in [2.45, 2.75) is 32.1 Å². The Hall–Kier alpha value is -2.08. The van der Waals surface area contributed by atoms with E-state index >= 15 is 0 Å². The molecule has 6 nitrogen and oxygen atoms in total. The Kier molecular flexibility index (Phi) is 7.51. The Labute approximate surface area is 162 Å². The molecule has 1 aromatic rings. The van der Waals surface area contributed by atoms with E-state index < -0.39 is 0 Å². The van der Waals surface area contributed by atoms with Crippen molar-refractivity contribution in [2.75, 3.05) is 52.4 Å². The molecule has 2 amide bonds. The lowest BCUT2D eigenvalue weighted by atomic mass is 10.1. The van der Waals surface area contributed by atoms with Gasteiger partial charge in [-0.3, -0.25) is 14.5 Å². The Morgan fingerprint density at radius 3 is 2.48 bits per heavy atom. The van der Waals surface area contributed by atoms with E-state index in [0.717, 1.165) is 70.8 Å². The predicted octanol–water partition coefficient (Wildman–Crippen LogP) is 2.00. The monoisotopic (exact) mass is 373 g/mol. The van der Waals surface area contributed by atoms with Gasteiger partial charge in [-0.1, -0.05) is 18.2 Å². The molecule has 6 heteroatoms. The van der Waals surface area contributed by atoms with Gasteiger partial charge in [0.25, 0.3) is 0 Å². The van der Waals surface area contributed by atoms with Crippen molar-refractivity contribution in [3.63, 3.8) is 0 Å². The summed E-state index contributed by atoms with van der Waals surface area (Å²) < 4.78 is 5.75. The summed E-state index contributed by atoms with van der Waals surface area (Å²) in [6.07, 6.45) is 4.09. The zero-order valence-electron chi connectivity index (χ0n) is 16.1.